The van der Waals surface area contributed by atoms with Crippen LogP contribution in [0.25, 0.3) is 0 Å². The standard InChI is InChI=1S/C80H156O3/c1-3-5-7-9-11-13-15-17-19-21-22-23-24-25-28-32-36-40-44-52-58-64-70-78(80(82)83)79(81)71-65-59-53-45-41-37-33-29-26-27-31-35-39-43-49-55-61-67-75-73-77(75)69-63-57-51-47-46-50-56-62-68-76-72-74(76)66-60-54-48-42-38-34-30-20-18-16-14-12-10-8-6-4-2/h74-79,81H,3-73H2,1-2H3,(H,82,83)/p-1/t74?,75?,76?,77?,78-,79-/m1/s1. The Morgan fingerprint density at radius 2 is 0.422 bits per heavy atom. The molecule has 0 bridgehead atoms. The van der Waals surface area contributed by atoms with Crippen molar-refractivity contribution in [2.75, 3.05) is 0 Å². The van der Waals surface area contributed by atoms with Crippen LogP contribution in [-0.4, -0.2) is 17.2 Å². The minimum absolute atomic E-state index is 0.573. The fourth-order valence-electron chi connectivity index (χ4n) is 14.9. The number of carboxylic acids is 1. The van der Waals surface area contributed by atoms with Crippen LogP contribution in [0, 0.1) is 29.6 Å². The van der Waals surface area contributed by atoms with E-state index in [4.69, 9.17) is 0 Å². The quantitative estimate of drug-likeness (QED) is 0.0618. The average molecular weight is 1170 g/mol. The fourth-order valence-corrected chi connectivity index (χ4v) is 14.9. The third-order valence-electron chi connectivity index (χ3n) is 21.2. The van der Waals surface area contributed by atoms with E-state index in [-0.39, 0.29) is 0 Å². The number of unbranched alkanes of at least 4 members (excludes halogenated alkanes) is 59. The molecule has 2 rings (SSSR count). The van der Waals surface area contributed by atoms with Crippen LogP contribution in [0.1, 0.15) is 470 Å². The van der Waals surface area contributed by atoms with E-state index in [0.29, 0.717) is 12.8 Å². The first-order valence-electron chi connectivity index (χ1n) is 40.0. The van der Waals surface area contributed by atoms with Gasteiger partial charge in [-0.15, -0.1) is 0 Å². The number of aliphatic carboxylic acids is 1. The summed E-state index contributed by atoms with van der Waals surface area (Å²) in [6.45, 7) is 4.61. The number of carbonyl (C=O) groups is 1. The van der Waals surface area contributed by atoms with Crippen LogP contribution < -0.4 is 5.11 Å². The van der Waals surface area contributed by atoms with Crippen molar-refractivity contribution in [2.24, 2.45) is 29.6 Å². The Balaban J connectivity index is 1.19. The lowest BCUT2D eigenvalue weighted by Crippen LogP contribution is -2.38. The van der Waals surface area contributed by atoms with Gasteiger partial charge in [0, 0.05) is 11.9 Å². The number of carbonyl (C=O) groups excluding carboxylic acids is 1. The SMILES string of the molecule is CCCCCCCCCCCCCCCCCCCCCCCC[C@@H](C(=O)[O-])[C@H](O)CCCCCCCCCCCCCCCCCCCC1CC1CCCCCCCCCCC1CC1CCCCCCCCCCCCCCCCCC. The van der Waals surface area contributed by atoms with Crippen LogP contribution in [-0.2, 0) is 4.79 Å². The first-order valence-corrected chi connectivity index (χ1v) is 40.0. The molecule has 494 valence electrons. The molecular weight excluding hydrogens is 1010 g/mol. The van der Waals surface area contributed by atoms with Gasteiger partial charge in [0.15, 0.2) is 0 Å². The van der Waals surface area contributed by atoms with Crippen molar-refractivity contribution >= 4 is 5.97 Å². The molecule has 6 atom stereocenters. The molecule has 2 aliphatic rings. The molecule has 0 aromatic rings. The number of hydrogen-bond donors (Lipinski definition) is 1. The van der Waals surface area contributed by atoms with Crippen LogP contribution in [0.15, 0.2) is 0 Å². The van der Waals surface area contributed by atoms with E-state index in [9.17, 15) is 15.0 Å². The number of rotatable bonds is 73. The number of hydrogen-bond acceptors (Lipinski definition) is 3. The topological polar surface area (TPSA) is 60.4 Å². The molecule has 3 heteroatoms. The molecule has 0 aromatic heterocycles. The summed E-state index contributed by atoms with van der Waals surface area (Å²) in [5.41, 5.74) is 0. The van der Waals surface area contributed by atoms with Crippen molar-refractivity contribution in [3.63, 3.8) is 0 Å². The lowest BCUT2D eigenvalue weighted by Gasteiger charge is -2.24. The largest absolute Gasteiger partial charge is 0.550 e. The van der Waals surface area contributed by atoms with E-state index in [1.54, 1.807) is 25.7 Å². The summed E-state index contributed by atoms with van der Waals surface area (Å²) in [4.78, 5) is 11.8. The predicted octanol–water partition coefficient (Wildman–Crippen LogP) is 26.9. The zero-order chi connectivity index (χ0) is 59.2. The van der Waals surface area contributed by atoms with E-state index in [2.05, 4.69) is 13.8 Å². The van der Waals surface area contributed by atoms with Gasteiger partial charge in [-0.25, -0.2) is 0 Å². The summed E-state index contributed by atoms with van der Waals surface area (Å²) in [6, 6.07) is 0. The molecule has 0 radical (unpaired) electrons. The van der Waals surface area contributed by atoms with Crippen molar-refractivity contribution in [3.8, 4) is 0 Å². The van der Waals surface area contributed by atoms with Gasteiger partial charge in [-0.2, -0.15) is 0 Å². The van der Waals surface area contributed by atoms with Gasteiger partial charge in [0.25, 0.3) is 0 Å². The van der Waals surface area contributed by atoms with Crippen molar-refractivity contribution in [3.05, 3.63) is 0 Å². The summed E-state index contributed by atoms with van der Waals surface area (Å²) in [5, 5.41) is 22.5. The second kappa shape index (κ2) is 63.0. The molecule has 0 amide bonds. The molecule has 0 spiro atoms. The number of aliphatic hydroxyl groups is 1. The maximum absolute atomic E-state index is 11.8. The maximum atomic E-state index is 11.8. The van der Waals surface area contributed by atoms with Crippen LogP contribution >= 0.6 is 0 Å². The van der Waals surface area contributed by atoms with Gasteiger partial charge in [0.2, 0.25) is 0 Å². The third kappa shape index (κ3) is 55.2. The van der Waals surface area contributed by atoms with E-state index in [0.717, 1.165) is 49.4 Å². The number of carboxylic acid groups (broad SMARTS) is 1. The molecule has 83 heavy (non-hydrogen) atoms. The molecular formula is C80H155O3-. The predicted molar refractivity (Wildman–Crippen MR) is 368 cm³/mol. The molecule has 0 heterocycles. The second-order valence-corrected chi connectivity index (χ2v) is 29.3. The Bertz CT molecular complexity index is 1260. The van der Waals surface area contributed by atoms with Crippen molar-refractivity contribution in [2.45, 2.75) is 476 Å². The minimum Gasteiger partial charge on any atom is -0.550 e. The molecule has 0 saturated heterocycles. The molecule has 0 aromatic carbocycles. The van der Waals surface area contributed by atoms with Crippen molar-refractivity contribution < 1.29 is 15.0 Å². The molecule has 4 unspecified atom stereocenters. The summed E-state index contributed by atoms with van der Waals surface area (Å²) in [7, 11) is 0. The Labute approximate surface area is 523 Å². The summed E-state index contributed by atoms with van der Waals surface area (Å²) >= 11 is 0. The Morgan fingerprint density at radius 3 is 0.602 bits per heavy atom. The van der Waals surface area contributed by atoms with Crippen LogP contribution in [0.4, 0.5) is 0 Å². The average Bonchev–Trinajstić information content (AvgIpc) is 4.57. The molecule has 1 N–H and O–H groups in total. The van der Waals surface area contributed by atoms with Gasteiger partial charge < -0.3 is 15.0 Å². The van der Waals surface area contributed by atoms with E-state index >= 15 is 0 Å². The van der Waals surface area contributed by atoms with E-state index < -0.39 is 18.0 Å². The van der Waals surface area contributed by atoms with Crippen LogP contribution in [0.2, 0.25) is 0 Å². The lowest BCUT2D eigenvalue weighted by molar-refractivity contribution is -0.314. The molecule has 3 nitrogen and oxygen atoms in total. The highest BCUT2D eigenvalue weighted by Gasteiger charge is 2.36. The van der Waals surface area contributed by atoms with Gasteiger partial charge >= 0.3 is 0 Å². The van der Waals surface area contributed by atoms with E-state index in [1.165, 1.54) is 392 Å². The van der Waals surface area contributed by atoms with Gasteiger partial charge in [0.1, 0.15) is 0 Å². The Hall–Kier alpha value is -0.570. The van der Waals surface area contributed by atoms with Crippen LogP contribution in [0.5, 0.6) is 0 Å². The monoisotopic (exact) mass is 1160 g/mol. The van der Waals surface area contributed by atoms with Crippen molar-refractivity contribution in [1.29, 1.82) is 0 Å². The first kappa shape index (κ1) is 78.5. The summed E-state index contributed by atoms with van der Waals surface area (Å²) in [6.07, 6.45) is 98.5. The van der Waals surface area contributed by atoms with Crippen LogP contribution in [0.3, 0.4) is 0 Å². The van der Waals surface area contributed by atoms with Gasteiger partial charge in [-0.3, -0.25) is 0 Å². The second-order valence-electron chi connectivity index (χ2n) is 29.3. The first-order chi connectivity index (χ1) is 41.1. The zero-order valence-electron chi connectivity index (χ0n) is 57.4. The molecule has 2 fully saturated rings. The van der Waals surface area contributed by atoms with Gasteiger partial charge in [-0.1, -0.05) is 444 Å². The zero-order valence-corrected chi connectivity index (χ0v) is 57.4. The summed E-state index contributed by atoms with van der Waals surface area (Å²) in [5.74, 6) is 2.69. The number of aliphatic hydroxyl groups excluding tert-OH is 1. The van der Waals surface area contributed by atoms with Crippen molar-refractivity contribution in [1.82, 2.24) is 0 Å². The highest BCUT2D eigenvalue weighted by Crippen LogP contribution is 2.47. The highest BCUT2D eigenvalue weighted by atomic mass is 16.4. The summed E-state index contributed by atoms with van der Waals surface area (Å²) < 4.78 is 0. The van der Waals surface area contributed by atoms with Gasteiger partial charge in [-0.05, 0) is 49.4 Å². The minimum atomic E-state index is -1.05. The third-order valence-corrected chi connectivity index (χ3v) is 21.2. The molecule has 2 aliphatic carbocycles. The van der Waals surface area contributed by atoms with Gasteiger partial charge in [0.05, 0.1) is 6.10 Å². The fraction of sp³-hybridized carbons (Fsp3) is 0.988. The maximum Gasteiger partial charge on any atom is 0.0620 e. The molecule has 2 saturated carbocycles. The molecule has 0 aliphatic heterocycles. The Morgan fingerprint density at radius 1 is 0.265 bits per heavy atom. The highest BCUT2D eigenvalue weighted by molar-refractivity contribution is 5.68. The normalized spacial score (nSPS) is 17.4. The lowest BCUT2D eigenvalue weighted by atomic mass is 9.91. The smallest absolute Gasteiger partial charge is 0.0620 e. The Kier molecular flexibility index (Phi) is 59.6. The van der Waals surface area contributed by atoms with E-state index in [1.807, 2.05) is 0 Å².